The van der Waals surface area contributed by atoms with Crippen molar-refractivity contribution in [3.63, 3.8) is 0 Å². The SMILES string of the molecule is C=C/C=C/CS(=O)(=O)C/C=C(\C)CCC=C(C)C. The van der Waals surface area contributed by atoms with E-state index in [2.05, 4.69) is 26.5 Å². The summed E-state index contributed by atoms with van der Waals surface area (Å²) >= 11 is 0. The van der Waals surface area contributed by atoms with Crippen LogP contribution in [0.25, 0.3) is 0 Å². The van der Waals surface area contributed by atoms with E-state index in [1.54, 1.807) is 18.2 Å². The van der Waals surface area contributed by atoms with Crippen LogP contribution in [-0.4, -0.2) is 19.9 Å². The second-order valence-corrected chi connectivity index (χ2v) is 6.77. The molecular weight excluding hydrogens is 244 g/mol. The van der Waals surface area contributed by atoms with Gasteiger partial charge in [-0.25, -0.2) is 8.42 Å². The van der Waals surface area contributed by atoms with Crippen LogP contribution in [0.5, 0.6) is 0 Å². The zero-order valence-corrected chi connectivity index (χ0v) is 12.5. The fourth-order valence-corrected chi connectivity index (χ4v) is 2.41. The van der Waals surface area contributed by atoms with Crippen molar-refractivity contribution < 1.29 is 8.42 Å². The summed E-state index contributed by atoms with van der Waals surface area (Å²) < 4.78 is 23.3. The van der Waals surface area contributed by atoms with Crippen molar-refractivity contribution >= 4 is 9.84 Å². The molecule has 0 aromatic rings. The van der Waals surface area contributed by atoms with Crippen molar-refractivity contribution in [1.29, 1.82) is 0 Å². The summed E-state index contributed by atoms with van der Waals surface area (Å²) in [6.45, 7) is 9.61. The third-order valence-electron chi connectivity index (χ3n) is 2.40. The lowest BCUT2D eigenvalue weighted by molar-refractivity contribution is 0.601. The van der Waals surface area contributed by atoms with Gasteiger partial charge in [-0.05, 0) is 33.6 Å². The number of sulfone groups is 1. The molecule has 0 radical (unpaired) electrons. The molecule has 0 heterocycles. The molecule has 0 saturated heterocycles. The summed E-state index contributed by atoms with van der Waals surface area (Å²) in [5.74, 6) is 0.200. The van der Waals surface area contributed by atoms with Gasteiger partial charge in [0.05, 0.1) is 11.5 Å². The molecule has 0 aliphatic rings. The molecule has 0 spiro atoms. The van der Waals surface area contributed by atoms with Gasteiger partial charge in [-0.1, -0.05) is 48.1 Å². The molecule has 0 aliphatic carbocycles. The van der Waals surface area contributed by atoms with Crippen molar-refractivity contribution in [2.45, 2.75) is 33.6 Å². The summed E-state index contributed by atoms with van der Waals surface area (Å²) in [6.07, 6.45) is 10.7. The molecule has 0 amide bonds. The van der Waals surface area contributed by atoms with Gasteiger partial charge in [-0.2, -0.15) is 0 Å². The molecule has 0 saturated carbocycles. The normalized spacial score (nSPS) is 12.7. The predicted octanol–water partition coefficient (Wildman–Crippen LogP) is 3.84. The molecule has 18 heavy (non-hydrogen) atoms. The monoisotopic (exact) mass is 268 g/mol. The summed E-state index contributed by atoms with van der Waals surface area (Å²) in [6, 6.07) is 0. The Morgan fingerprint density at radius 2 is 1.78 bits per heavy atom. The van der Waals surface area contributed by atoms with Gasteiger partial charge in [-0.15, -0.1) is 0 Å². The second kappa shape index (κ2) is 8.92. The smallest absolute Gasteiger partial charge is 0.157 e. The molecule has 0 unspecified atom stereocenters. The Morgan fingerprint density at radius 1 is 1.11 bits per heavy atom. The van der Waals surface area contributed by atoms with E-state index in [1.165, 1.54) is 5.57 Å². The maximum Gasteiger partial charge on any atom is 0.157 e. The number of rotatable bonds is 8. The van der Waals surface area contributed by atoms with Gasteiger partial charge in [0.2, 0.25) is 0 Å². The minimum atomic E-state index is -3.02. The Balaban J connectivity index is 4.23. The van der Waals surface area contributed by atoms with E-state index >= 15 is 0 Å². The Bertz CT molecular complexity index is 433. The first-order valence-corrected chi connectivity index (χ1v) is 7.96. The summed E-state index contributed by atoms with van der Waals surface area (Å²) in [4.78, 5) is 0. The molecule has 0 bridgehead atoms. The zero-order valence-electron chi connectivity index (χ0n) is 11.6. The molecule has 0 N–H and O–H groups in total. The number of allylic oxidation sites excluding steroid dienone is 5. The Morgan fingerprint density at radius 3 is 2.33 bits per heavy atom. The van der Waals surface area contributed by atoms with E-state index in [0.717, 1.165) is 18.4 Å². The Labute approximate surface area is 112 Å². The molecule has 2 nitrogen and oxygen atoms in total. The van der Waals surface area contributed by atoms with Crippen molar-refractivity contribution in [3.8, 4) is 0 Å². The minimum Gasteiger partial charge on any atom is -0.228 e. The molecule has 0 aromatic carbocycles. The van der Waals surface area contributed by atoms with E-state index < -0.39 is 9.84 Å². The maximum absolute atomic E-state index is 11.6. The quantitative estimate of drug-likeness (QED) is 0.495. The average Bonchev–Trinajstić information content (AvgIpc) is 2.26. The first kappa shape index (κ1) is 16.9. The summed E-state index contributed by atoms with van der Waals surface area (Å²) in [5.41, 5.74) is 2.42. The lowest BCUT2D eigenvalue weighted by Crippen LogP contribution is -2.07. The third kappa shape index (κ3) is 10.1. The van der Waals surface area contributed by atoms with Gasteiger partial charge >= 0.3 is 0 Å². The fourth-order valence-electron chi connectivity index (χ4n) is 1.33. The van der Waals surface area contributed by atoms with Crippen molar-refractivity contribution in [1.82, 2.24) is 0 Å². The largest absolute Gasteiger partial charge is 0.228 e. The molecule has 0 fully saturated rings. The lowest BCUT2D eigenvalue weighted by atomic mass is 10.1. The molecule has 0 atom stereocenters. The van der Waals surface area contributed by atoms with E-state index in [1.807, 2.05) is 13.0 Å². The van der Waals surface area contributed by atoms with Crippen molar-refractivity contribution in [2.24, 2.45) is 0 Å². The topological polar surface area (TPSA) is 34.1 Å². The molecule has 0 aromatic heterocycles. The molecule has 102 valence electrons. The molecule has 3 heteroatoms. The highest BCUT2D eigenvalue weighted by molar-refractivity contribution is 7.91. The first-order valence-electron chi connectivity index (χ1n) is 6.14. The predicted molar refractivity (Wildman–Crippen MR) is 80.4 cm³/mol. The maximum atomic E-state index is 11.6. The molecule has 0 rings (SSSR count). The fraction of sp³-hybridized carbons (Fsp3) is 0.467. The van der Waals surface area contributed by atoms with Gasteiger partial charge in [-0.3, -0.25) is 0 Å². The van der Waals surface area contributed by atoms with E-state index in [0.29, 0.717) is 0 Å². The van der Waals surface area contributed by atoms with Crippen LogP contribution in [-0.2, 0) is 9.84 Å². The zero-order chi connectivity index (χ0) is 14.0. The van der Waals surface area contributed by atoms with E-state index in [9.17, 15) is 8.42 Å². The van der Waals surface area contributed by atoms with Gasteiger partial charge in [0.15, 0.2) is 9.84 Å². The van der Waals surface area contributed by atoms with Crippen LogP contribution in [0.2, 0.25) is 0 Å². The van der Waals surface area contributed by atoms with Gasteiger partial charge < -0.3 is 0 Å². The Kier molecular flexibility index (Phi) is 8.38. The number of hydrogen-bond acceptors (Lipinski definition) is 2. The highest BCUT2D eigenvalue weighted by atomic mass is 32.2. The van der Waals surface area contributed by atoms with Crippen LogP contribution in [0.3, 0.4) is 0 Å². The van der Waals surface area contributed by atoms with Crippen LogP contribution in [0, 0.1) is 0 Å². The standard InChI is InChI=1S/C15H24O2S/c1-5-6-7-12-18(16,17)13-11-15(4)10-8-9-14(2)3/h5-7,9,11H,1,8,10,12-13H2,2-4H3/b7-6+,15-11+. The summed E-state index contributed by atoms with van der Waals surface area (Å²) in [7, 11) is -3.02. The van der Waals surface area contributed by atoms with Crippen molar-refractivity contribution in [3.05, 3.63) is 48.1 Å². The third-order valence-corrected chi connectivity index (χ3v) is 3.77. The van der Waals surface area contributed by atoms with Crippen LogP contribution in [0.15, 0.2) is 48.1 Å². The van der Waals surface area contributed by atoms with E-state index in [-0.39, 0.29) is 11.5 Å². The van der Waals surface area contributed by atoms with Gasteiger partial charge in [0.1, 0.15) is 0 Å². The highest BCUT2D eigenvalue weighted by Gasteiger charge is 2.05. The van der Waals surface area contributed by atoms with Crippen LogP contribution in [0.4, 0.5) is 0 Å². The number of hydrogen-bond donors (Lipinski definition) is 0. The van der Waals surface area contributed by atoms with Crippen LogP contribution < -0.4 is 0 Å². The van der Waals surface area contributed by atoms with Crippen LogP contribution >= 0.6 is 0 Å². The summed E-state index contributed by atoms with van der Waals surface area (Å²) in [5, 5.41) is 0. The minimum absolute atomic E-state index is 0.0801. The second-order valence-electron chi connectivity index (χ2n) is 4.61. The average molecular weight is 268 g/mol. The van der Waals surface area contributed by atoms with Crippen LogP contribution in [0.1, 0.15) is 33.6 Å². The van der Waals surface area contributed by atoms with Crippen molar-refractivity contribution in [2.75, 3.05) is 11.5 Å². The molecular formula is C15H24O2S. The highest BCUT2D eigenvalue weighted by Crippen LogP contribution is 2.07. The first-order chi connectivity index (χ1) is 8.37. The lowest BCUT2D eigenvalue weighted by Gasteiger charge is -2.00. The molecule has 0 aliphatic heterocycles. The van der Waals surface area contributed by atoms with Gasteiger partial charge in [0.25, 0.3) is 0 Å². The van der Waals surface area contributed by atoms with Gasteiger partial charge in [0, 0.05) is 0 Å². The Hall–Kier alpha value is -1.09. The van der Waals surface area contributed by atoms with E-state index in [4.69, 9.17) is 0 Å².